The molecule has 0 aliphatic rings. The summed E-state index contributed by atoms with van der Waals surface area (Å²) in [7, 11) is 0. The van der Waals surface area contributed by atoms with E-state index in [1.165, 1.54) is 12.5 Å². The fourth-order valence-corrected chi connectivity index (χ4v) is 1.96. The molecule has 1 heterocycles. The van der Waals surface area contributed by atoms with Crippen LogP contribution in [0.5, 0.6) is 11.5 Å². The summed E-state index contributed by atoms with van der Waals surface area (Å²) in [6.45, 7) is 4.23. The number of nitrogens with zero attached hydrogens (tertiary/aromatic N) is 1. The first-order chi connectivity index (χ1) is 11.7. The van der Waals surface area contributed by atoms with Crippen LogP contribution in [0.4, 0.5) is 0 Å². The van der Waals surface area contributed by atoms with Crippen molar-refractivity contribution < 1.29 is 18.7 Å². The first kappa shape index (κ1) is 17.2. The van der Waals surface area contributed by atoms with Crippen molar-refractivity contribution in [3.05, 3.63) is 47.4 Å². The van der Waals surface area contributed by atoms with Crippen LogP contribution >= 0.6 is 0 Å². The Hall–Kier alpha value is -3.20. The molecule has 0 aliphatic heterocycles. The molecule has 1 amide bonds. The molecule has 124 valence electrons. The number of hydrazone groups is 1. The first-order valence-electron chi connectivity index (χ1n) is 7.36. The maximum absolute atomic E-state index is 11.9. The van der Waals surface area contributed by atoms with Gasteiger partial charge in [-0.2, -0.15) is 5.10 Å². The normalized spacial score (nSPS) is 10.4. The van der Waals surface area contributed by atoms with Gasteiger partial charge in [-0.1, -0.05) is 5.92 Å². The Morgan fingerprint density at radius 3 is 2.88 bits per heavy atom. The number of furan rings is 1. The summed E-state index contributed by atoms with van der Waals surface area (Å²) < 4.78 is 16.0. The molecule has 0 fully saturated rings. The third-order valence-electron chi connectivity index (χ3n) is 3.06. The number of terminal acetylenes is 1. The molecule has 0 radical (unpaired) electrons. The van der Waals surface area contributed by atoms with E-state index in [9.17, 15) is 4.79 Å². The Bertz CT molecular complexity index is 772. The fraction of sp³-hybridized carbons (Fsp3) is 0.222. The van der Waals surface area contributed by atoms with Gasteiger partial charge in [0.15, 0.2) is 11.5 Å². The molecule has 0 saturated carbocycles. The number of rotatable bonds is 7. The van der Waals surface area contributed by atoms with Gasteiger partial charge in [0.1, 0.15) is 12.4 Å². The van der Waals surface area contributed by atoms with E-state index >= 15 is 0 Å². The predicted molar refractivity (Wildman–Crippen MR) is 90.4 cm³/mol. The summed E-state index contributed by atoms with van der Waals surface area (Å²) in [5.41, 5.74) is 3.64. The molecule has 6 heteroatoms. The van der Waals surface area contributed by atoms with Gasteiger partial charge in [0.25, 0.3) is 5.91 Å². The average Bonchev–Trinajstić information content (AvgIpc) is 3.00. The van der Waals surface area contributed by atoms with Crippen LogP contribution in [0.2, 0.25) is 0 Å². The van der Waals surface area contributed by atoms with Gasteiger partial charge in [-0.3, -0.25) is 4.79 Å². The minimum absolute atomic E-state index is 0.160. The number of hydrogen-bond donors (Lipinski definition) is 1. The molecule has 6 nitrogen and oxygen atoms in total. The van der Waals surface area contributed by atoms with Crippen LogP contribution in [0.3, 0.4) is 0 Å². The van der Waals surface area contributed by atoms with E-state index in [0.717, 1.165) is 5.56 Å². The Balaban J connectivity index is 2.06. The lowest BCUT2D eigenvalue weighted by Crippen LogP contribution is -2.17. The van der Waals surface area contributed by atoms with Crippen LogP contribution in [0.25, 0.3) is 0 Å². The molecule has 1 N–H and O–H groups in total. The molecule has 1 aromatic heterocycles. The maximum Gasteiger partial charge on any atom is 0.274 e. The van der Waals surface area contributed by atoms with E-state index in [2.05, 4.69) is 16.4 Å². The van der Waals surface area contributed by atoms with Gasteiger partial charge in [0, 0.05) is 0 Å². The van der Waals surface area contributed by atoms with Crippen molar-refractivity contribution in [2.45, 2.75) is 13.8 Å². The van der Waals surface area contributed by atoms with E-state index in [1.807, 2.05) is 6.92 Å². The SMILES string of the molecule is C#CCOc1ccc(/C=N\NC(=O)c2ccoc2C)cc1OCC. The summed E-state index contributed by atoms with van der Waals surface area (Å²) in [4.78, 5) is 11.9. The van der Waals surface area contributed by atoms with Crippen molar-refractivity contribution >= 4 is 12.1 Å². The number of amides is 1. The van der Waals surface area contributed by atoms with Crippen LogP contribution in [0.15, 0.2) is 40.0 Å². The van der Waals surface area contributed by atoms with Gasteiger partial charge in [0.05, 0.1) is 24.6 Å². The van der Waals surface area contributed by atoms with Crippen molar-refractivity contribution in [3.8, 4) is 23.8 Å². The van der Waals surface area contributed by atoms with Crippen LogP contribution in [0.1, 0.15) is 28.6 Å². The van der Waals surface area contributed by atoms with Crippen molar-refractivity contribution in [1.82, 2.24) is 5.43 Å². The summed E-state index contributed by atoms with van der Waals surface area (Å²) in [6.07, 6.45) is 8.16. The molecular formula is C18H18N2O4. The van der Waals surface area contributed by atoms with Crippen molar-refractivity contribution in [2.24, 2.45) is 5.10 Å². The number of ether oxygens (including phenoxy) is 2. The highest BCUT2D eigenvalue weighted by Gasteiger charge is 2.10. The highest BCUT2D eigenvalue weighted by atomic mass is 16.5. The average molecular weight is 326 g/mol. The number of benzene rings is 1. The third kappa shape index (κ3) is 4.40. The predicted octanol–water partition coefficient (Wildman–Crippen LogP) is 2.76. The topological polar surface area (TPSA) is 73.1 Å². The van der Waals surface area contributed by atoms with Gasteiger partial charge < -0.3 is 13.9 Å². The second-order valence-electron chi connectivity index (χ2n) is 4.72. The second-order valence-corrected chi connectivity index (χ2v) is 4.72. The molecule has 0 spiro atoms. The quantitative estimate of drug-likeness (QED) is 0.482. The molecule has 24 heavy (non-hydrogen) atoms. The van der Waals surface area contributed by atoms with Crippen LogP contribution < -0.4 is 14.9 Å². The maximum atomic E-state index is 11.9. The van der Waals surface area contributed by atoms with Crippen molar-refractivity contribution in [2.75, 3.05) is 13.2 Å². The number of aryl methyl sites for hydroxylation is 1. The fourth-order valence-electron chi connectivity index (χ4n) is 1.96. The molecule has 0 aliphatic carbocycles. The summed E-state index contributed by atoms with van der Waals surface area (Å²) in [5, 5.41) is 3.94. The van der Waals surface area contributed by atoms with E-state index in [1.54, 1.807) is 31.2 Å². The number of carbonyl (C=O) groups is 1. The number of carbonyl (C=O) groups excluding carboxylic acids is 1. The Morgan fingerprint density at radius 1 is 1.38 bits per heavy atom. The summed E-state index contributed by atoms with van der Waals surface area (Å²) in [5.74, 6) is 3.73. The minimum Gasteiger partial charge on any atom is -0.490 e. The van der Waals surface area contributed by atoms with Gasteiger partial charge in [0.2, 0.25) is 0 Å². The van der Waals surface area contributed by atoms with Gasteiger partial charge in [-0.25, -0.2) is 5.43 Å². The summed E-state index contributed by atoms with van der Waals surface area (Å²) >= 11 is 0. The smallest absolute Gasteiger partial charge is 0.274 e. The number of nitrogens with one attached hydrogen (secondary N) is 1. The minimum atomic E-state index is -0.337. The highest BCUT2D eigenvalue weighted by Crippen LogP contribution is 2.27. The zero-order valence-electron chi connectivity index (χ0n) is 13.5. The Kier molecular flexibility index (Phi) is 6.03. The Labute approximate surface area is 140 Å². The van der Waals surface area contributed by atoms with Crippen LogP contribution in [-0.4, -0.2) is 25.3 Å². The zero-order chi connectivity index (χ0) is 17.4. The largest absolute Gasteiger partial charge is 0.490 e. The zero-order valence-corrected chi connectivity index (χ0v) is 13.5. The molecular weight excluding hydrogens is 308 g/mol. The van der Waals surface area contributed by atoms with E-state index in [-0.39, 0.29) is 12.5 Å². The molecule has 2 aromatic rings. The van der Waals surface area contributed by atoms with E-state index in [4.69, 9.17) is 20.3 Å². The van der Waals surface area contributed by atoms with Crippen LogP contribution in [0, 0.1) is 19.3 Å². The molecule has 0 saturated heterocycles. The standard InChI is InChI=1S/C18H18N2O4/c1-4-9-24-16-7-6-14(11-17(16)22-5-2)12-19-20-18(21)15-8-10-23-13(15)3/h1,6-8,10-12H,5,9H2,2-3H3,(H,20,21)/b19-12-. The van der Waals surface area contributed by atoms with Crippen LogP contribution in [-0.2, 0) is 0 Å². The molecule has 0 atom stereocenters. The summed E-state index contributed by atoms with van der Waals surface area (Å²) in [6, 6.07) is 6.87. The molecule has 2 rings (SSSR count). The van der Waals surface area contributed by atoms with E-state index < -0.39 is 0 Å². The lowest BCUT2D eigenvalue weighted by molar-refractivity contribution is 0.0953. The second kappa shape index (κ2) is 8.44. The Morgan fingerprint density at radius 2 is 2.21 bits per heavy atom. The van der Waals surface area contributed by atoms with Gasteiger partial charge in [-0.15, -0.1) is 6.42 Å². The molecule has 1 aromatic carbocycles. The number of hydrogen-bond acceptors (Lipinski definition) is 5. The van der Waals surface area contributed by atoms with Crippen molar-refractivity contribution in [3.63, 3.8) is 0 Å². The third-order valence-corrected chi connectivity index (χ3v) is 3.06. The lowest BCUT2D eigenvalue weighted by atomic mass is 10.2. The molecule has 0 unspecified atom stereocenters. The van der Waals surface area contributed by atoms with E-state index in [0.29, 0.717) is 29.4 Å². The lowest BCUT2D eigenvalue weighted by Gasteiger charge is -2.10. The first-order valence-corrected chi connectivity index (χ1v) is 7.36. The monoisotopic (exact) mass is 326 g/mol. The van der Waals surface area contributed by atoms with Gasteiger partial charge >= 0.3 is 0 Å². The highest BCUT2D eigenvalue weighted by molar-refractivity contribution is 5.95. The molecule has 0 bridgehead atoms. The van der Waals surface area contributed by atoms with Crippen molar-refractivity contribution in [1.29, 1.82) is 0 Å². The van der Waals surface area contributed by atoms with Gasteiger partial charge in [-0.05, 0) is 43.7 Å².